The monoisotopic (exact) mass is 401 g/mol. The van der Waals surface area contributed by atoms with Crippen molar-refractivity contribution in [2.45, 2.75) is 20.5 Å². The van der Waals surface area contributed by atoms with E-state index < -0.39 is 4.92 Å². The molecule has 1 aliphatic heterocycles. The van der Waals surface area contributed by atoms with Crippen molar-refractivity contribution in [2.24, 2.45) is 0 Å². The number of non-ortho nitro benzene ring substituents is 1. The number of nitro groups is 1. The van der Waals surface area contributed by atoms with Crippen molar-refractivity contribution >= 4 is 17.5 Å². The fraction of sp³-hybridized carbons (Fsp3) is 0.125. The van der Waals surface area contributed by atoms with Crippen LogP contribution >= 0.6 is 0 Å². The van der Waals surface area contributed by atoms with Crippen LogP contribution in [0.3, 0.4) is 0 Å². The third-order valence-electron chi connectivity index (χ3n) is 5.05. The largest absolute Gasteiger partial charge is 0.488 e. The molecule has 0 atom stereocenters. The highest BCUT2D eigenvalue weighted by atomic mass is 16.6. The number of rotatable bonds is 5. The molecule has 6 heteroatoms. The molecule has 0 saturated carbocycles. The van der Waals surface area contributed by atoms with Crippen molar-refractivity contribution in [3.63, 3.8) is 0 Å². The van der Waals surface area contributed by atoms with Gasteiger partial charge in [-0.05, 0) is 60.9 Å². The van der Waals surface area contributed by atoms with Gasteiger partial charge in [0.15, 0.2) is 5.76 Å². The highest BCUT2D eigenvalue weighted by molar-refractivity contribution is 6.15. The van der Waals surface area contributed by atoms with E-state index in [1.165, 1.54) is 12.1 Å². The zero-order chi connectivity index (χ0) is 21.3. The van der Waals surface area contributed by atoms with E-state index in [0.717, 1.165) is 22.3 Å². The lowest BCUT2D eigenvalue weighted by Gasteiger charge is -2.11. The van der Waals surface area contributed by atoms with Crippen LogP contribution in [-0.4, -0.2) is 10.7 Å². The Labute approximate surface area is 173 Å². The number of hydrogen-bond donors (Lipinski definition) is 0. The molecule has 0 radical (unpaired) electrons. The van der Waals surface area contributed by atoms with Gasteiger partial charge in [0.25, 0.3) is 5.69 Å². The van der Waals surface area contributed by atoms with Crippen LogP contribution in [0, 0.1) is 24.0 Å². The Morgan fingerprint density at radius 1 is 1.03 bits per heavy atom. The van der Waals surface area contributed by atoms with Gasteiger partial charge in [0.2, 0.25) is 5.78 Å². The molecule has 0 fully saturated rings. The molecule has 0 unspecified atom stereocenters. The molecule has 0 amide bonds. The second kappa shape index (κ2) is 7.83. The number of carbonyl (C=O) groups is 1. The summed E-state index contributed by atoms with van der Waals surface area (Å²) < 4.78 is 11.8. The first kappa shape index (κ1) is 19.4. The summed E-state index contributed by atoms with van der Waals surface area (Å²) in [4.78, 5) is 23.1. The SMILES string of the molecule is Cc1ccccc1/C=C1\Oc2c(ccc(OCc3ccc([N+](=O)[O-])cc3)c2C)C1=O. The van der Waals surface area contributed by atoms with Crippen LogP contribution in [0.25, 0.3) is 6.08 Å². The van der Waals surface area contributed by atoms with Crippen molar-refractivity contribution in [3.05, 3.63) is 104 Å². The van der Waals surface area contributed by atoms with Gasteiger partial charge in [0, 0.05) is 17.7 Å². The number of nitrogens with zero attached hydrogens (tertiary/aromatic N) is 1. The third-order valence-corrected chi connectivity index (χ3v) is 5.05. The lowest BCUT2D eigenvalue weighted by atomic mass is 10.0. The van der Waals surface area contributed by atoms with E-state index in [9.17, 15) is 14.9 Å². The molecule has 0 bridgehead atoms. The minimum Gasteiger partial charge on any atom is -0.488 e. The lowest BCUT2D eigenvalue weighted by Crippen LogP contribution is -1.99. The number of ether oxygens (including phenoxy) is 2. The molecule has 0 N–H and O–H groups in total. The van der Waals surface area contributed by atoms with Gasteiger partial charge in [-0.1, -0.05) is 24.3 Å². The normalized spacial score (nSPS) is 13.8. The van der Waals surface area contributed by atoms with Gasteiger partial charge < -0.3 is 9.47 Å². The molecule has 3 aromatic carbocycles. The molecular formula is C24H19NO5. The average molecular weight is 401 g/mol. The Bertz CT molecular complexity index is 1180. The highest BCUT2D eigenvalue weighted by Crippen LogP contribution is 2.39. The fourth-order valence-corrected chi connectivity index (χ4v) is 3.29. The number of ketones is 1. The average Bonchev–Trinajstić information content (AvgIpc) is 3.06. The molecule has 0 spiro atoms. The van der Waals surface area contributed by atoms with Crippen LogP contribution in [0.1, 0.15) is 32.6 Å². The molecule has 1 heterocycles. The van der Waals surface area contributed by atoms with Gasteiger partial charge in [-0.25, -0.2) is 0 Å². The van der Waals surface area contributed by atoms with Crippen LogP contribution < -0.4 is 9.47 Å². The van der Waals surface area contributed by atoms with Gasteiger partial charge >= 0.3 is 0 Å². The number of benzene rings is 3. The van der Waals surface area contributed by atoms with E-state index in [4.69, 9.17) is 9.47 Å². The smallest absolute Gasteiger partial charge is 0.269 e. The number of fused-ring (bicyclic) bond motifs is 1. The topological polar surface area (TPSA) is 78.7 Å². The summed E-state index contributed by atoms with van der Waals surface area (Å²) in [6.07, 6.45) is 1.76. The number of carbonyl (C=O) groups excluding carboxylic acids is 1. The number of nitro benzene ring substituents is 1. The zero-order valence-electron chi connectivity index (χ0n) is 16.5. The Morgan fingerprint density at radius 2 is 1.77 bits per heavy atom. The van der Waals surface area contributed by atoms with Crippen LogP contribution in [0.5, 0.6) is 11.5 Å². The Kier molecular flexibility index (Phi) is 5.06. The molecule has 150 valence electrons. The molecule has 4 rings (SSSR count). The quantitative estimate of drug-likeness (QED) is 0.325. The standard InChI is InChI=1S/C24H19NO5/c1-15-5-3-4-6-18(15)13-22-23(26)20-11-12-21(16(2)24(20)30-22)29-14-17-7-9-19(10-8-17)25(27)28/h3-13H,14H2,1-2H3/b22-13-. The number of hydrogen-bond acceptors (Lipinski definition) is 5. The van der Waals surface area contributed by atoms with Gasteiger partial charge in [-0.2, -0.15) is 0 Å². The summed E-state index contributed by atoms with van der Waals surface area (Å²) >= 11 is 0. The molecular weight excluding hydrogens is 382 g/mol. The number of aryl methyl sites for hydroxylation is 1. The summed E-state index contributed by atoms with van der Waals surface area (Å²) in [6.45, 7) is 4.07. The van der Waals surface area contributed by atoms with Crippen molar-refractivity contribution in [2.75, 3.05) is 0 Å². The molecule has 1 aliphatic rings. The maximum atomic E-state index is 12.8. The molecule has 3 aromatic rings. The van der Waals surface area contributed by atoms with Crippen molar-refractivity contribution in [1.29, 1.82) is 0 Å². The molecule has 0 aromatic heterocycles. The summed E-state index contributed by atoms with van der Waals surface area (Å²) in [7, 11) is 0. The third kappa shape index (κ3) is 3.67. The Hall–Kier alpha value is -3.93. The molecule has 30 heavy (non-hydrogen) atoms. The maximum absolute atomic E-state index is 12.8. The second-order valence-corrected chi connectivity index (χ2v) is 7.07. The van der Waals surface area contributed by atoms with Crippen LogP contribution in [0.15, 0.2) is 66.4 Å². The van der Waals surface area contributed by atoms with E-state index in [0.29, 0.717) is 17.1 Å². The summed E-state index contributed by atoms with van der Waals surface area (Å²) in [5.74, 6) is 1.23. The first-order valence-electron chi connectivity index (χ1n) is 9.43. The number of allylic oxidation sites excluding steroid dienone is 1. The van der Waals surface area contributed by atoms with Crippen LogP contribution in [-0.2, 0) is 6.61 Å². The Balaban J connectivity index is 1.54. The van der Waals surface area contributed by atoms with Crippen molar-refractivity contribution < 1.29 is 19.2 Å². The second-order valence-electron chi connectivity index (χ2n) is 7.07. The van der Waals surface area contributed by atoms with Crippen molar-refractivity contribution in [1.82, 2.24) is 0 Å². The molecule has 0 saturated heterocycles. The Morgan fingerprint density at radius 3 is 2.47 bits per heavy atom. The van der Waals surface area contributed by atoms with Crippen LogP contribution in [0.4, 0.5) is 5.69 Å². The van der Waals surface area contributed by atoms with Gasteiger partial charge in [0.05, 0.1) is 10.5 Å². The summed E-state index contributed by atoms with van der Waals surface area (Å²) in [5, 5.41) is 10.8. The predicted molar refractivity (Wildman–Crippen MR) is 113 cm³/mol. The van der Waals surface area contributed by atoms with E-state index in [1.807, 2.05) is 38.1 Å². The van der Waals surface area contributed by atoms with Crippen molar-refractivity contribution in [3.8, 4) is 11.5 Å². The van der Waals surface area contributed by atoms with Gasteiger partial charge in [-0.3, -0.25) is 14.9 Å². The zero-order valence-corrected chi connectivity index (χ0v) is 16.5. The minimum atomic E-state index is -0.439. The minimum absolute atomic E-state index is 0.0346. The first-order valence-corrected chi connectivity index (χ1v) is 9.43. The fourth-order valence-electron chi connectivity index (χ4n) is 3.29. The molecule has 6 nitrogen and oxygen atoms in total. The van der Waals surface area contributed by atoms with E-state index in [1.54, 1.807) is 30.3 Å². The maximum Gasteiger partial charge on any atom is 0.269 e. The molecule has 0 aliphatic carbocycles. The highest BCUT2D eigenvalue weighted by Gasteiger charge is 2.30. The lowest BCUT2D eigenvalue weighted by molar-refractivity contribution is -0.384. The summed E-state index contributed by atoms with van der Waals surface area (Å²) in [5.41, 5.74) is 4.07. The van der Waals surface area contributed by atoms with E-state index >= 15 is 0 Å². The van der Waals surface area contributed by atoms with Crippen LogP contribution in [0.2, 0.25) is 0 Å². The first-order chi connectivity index (χ1) is 14.4. The van der Waals surface area contributed by atoms with E-state index in [-0.39, 0.29) is 23.8 Å². The van der Waals surface area contributed by atoms with Gasteiger partial charge in [-0.15, -0.1) is 0 Å². The summed E-state index contributed by atoms with van der Waals surface area (Å²) in [6, 6.07) is 17.4. The predicted octanol–water partition coefficient (Wildman–Crippen LogP) is 5.41. The van der Waals surface area contributed by atoms with Gasteiger partial charge in [0.1, 0.15) is 18.1 Å². The number of Topliss-reactive ketones (excluding diaryl/α,β-unsaturated/α-hetero) is 1. The van der Waals surface area contributed by atoms with E-state index in [2.05, 4.69) is 0 Å².